The van der Waals surface area contributed by atoms with Gasteiger partial charge in [0.05, 0.1) is 35.6 Å². The number of ether oxygens (including phenoxy) is 2. The van der Waals surface area contributed by atoms with E-state index in [1.807, 2.05) is 19.9 Å². The number of nitriles is 1. The summed E-state index contributed by atoms with van der Waals surface area (Å²) in [5, 5.41) is 12.0. The summed E-state index contributed by atoms with van der Waals surface area (Å²) in [7, 11) is 1.25. The maximum absolute atomic E-state index is 12.5. The molecule has 0 spiro atoms. The predicted molar refractivity (Wildman–Crippen MR) is 102 cm³/mol. The lowest BCUT2D eigenvalue weighted by atomic mass is 10.1. The first kappa shape index (κ1) is 20.3. The minimum atomic E-state index is -0.602. The van der Waals surface area contributed by atoms with Crippen molar-refractivity contribution in [1.29, 1.82) is 5.26 Å². The fourth-order valence-electron chi connectivity index (χ4n) is 2.23. The van der Waals surface area contributed by atoms with Crippen LogP contribution in [0.2, 0.25) is 5.02 Å². The number of methoxy groups -OCH3 is 1. The van der Waals surface area contributed by atoms with Crippen molar-refractivity contribution in [2.24, 2.45) is 5.92 Å². The molecule has 0 heterocycles. The molecular weight excluding hydrogens is 368 g/mol. The van der Waals surface area contributed by atoms with Crippen LogP contribution in [0.15, 0.2) is 36.4 Å². The number of amides is 1. The maximum atomic E-state index is 12.5. The molecule has 0 saturated heterocycles. The lowest BCUT2D eigenvalue weighted by Gasteiger charge is -2.12. The van der Waals surface area contributed by atoms with Crippen molar-refractivity contribution in [3.63, 3.8) is 0 Å². The lowest BCUT2D eigenvalue weighted by Crippen LogP contribution is -2.14. The first-order valence-corrected chi connectivity index (χ1v) is 8.60. The van der Waals surface area contributed by atoms with Gasteiger partial charge in [-0.3, -0.25) is 4.79 Å². The van der Waals surface area contributed by atoms with Gasteiger partial charge in [0.25, 0.3) is 5.91 Å². The summed E-state index contributed by atoms with van der Waals surface area (Å²) in [4.78, 5) is 24.2. The summed E-state index contributed by atoms with van der Waals surface area (Å²) in [6.07, 6.45) is 0. The molecule has 0 fully saturated rings. The summed E-state index contributed by atoms with van der Waals surface area (Å²) in [6, 6.07) is 11.3. The van der Waals surface area contributed by atoms with Gasteiger partial charge in [-0.05, 0) is 36.2 Å². The molecule has 27 heavy (non-hydrogen) atoms. The zero-order valence-corrected chi connectivity index (χ0v) is 16.0. The lowest BCUT2D eigenvalue weighted by molar-refractivity contribution is 0.0600. The highest BCUT2D eigenvalue weighted by Crippen LogP contribution is 2.27. The minimum Gasteiger partial charge on any atom is -0.492 e. The Bertz CT molecular complexity index is 903. The van der Waals surface area contributed by atoms with Crippen LogP contribution in [0.25, 0.3) is 0 Å². The second-order valence-electron chi connectivity index (χ2n) is 6.14. The van der Waals surface area contributed by atoms with E-state index in [0.717, 1.165) is 0 Å². The monoisotopic (exact) mass is 386 g/mol. The van der Waals surface area contributed by atoms with E-state index in [4.69, 9.17) is 16.3 Å². The summed E-state index contributed by atoms with van der Waals surface area (Å²) in [6.45, 7) is 4.47. The van der Waals surface area contributed by atoms with Gasteiger partial charge in [0.2, 0.25) is 0 Å². The van der Waals surface area contributed by atoms with Crippen LogP contribution in [-0.2, 0) is 4.74 Å². The Morgan fingerprint density at radius 3 is 2.63 bits per heavy atom. The summed E-state index contributed by atoms with van der Waals surface area (Å²) < 4.78 is 10.2. The molecule has 1 amide bonds. The van der Waals surface area contributed by atoms with Crippen molar-refractivity contribution < 1.29 is 19.1 Å². The molecule has 0 aromatic heterocycles. The molecule has 0 radical (unpaired) electrons. The number of hydrogen-bond donors (Lipinski definition) is 1. The number of esters is 1. The Labute approximate surface area is 162 Å². The topological polar surface area (TPSA) is 88.4 Å². The second-order valence-corrected chi connectivity index (χ2v) is 6.52. The molecule has 1 N–H and O–H groups in total. The molecule has 0 saturated carbocycles. The fourth-order valence-corrected chi connectivity index (χ4v) is 2.48. The maximum Gasteiger partial charge on any atom is 0.339 e. The van der Waals surface area contributed by atoms with Crippen LogP contribution in [0, 0.1) is 17.2 Å². The average molecular weight is 387 g/mol. The van der Waals surface area contributed by atoms with E-state index < -0.39 is 11.9 Å². The van der Waals surface area contributed by atoms with Gasteiger partial charge in [0.1, 0.15) is 11.8 Å². The molecule has 2 aromatic carbocycles. The van der Waals surface area contributed by atoms with Gasteiger partial charge in [-0.1, -0.05) is 31.5 Å². The molecule has 0 atom stereocenters. The largest absolute Gasteiger partial charge is 0.492 e. The Morgan fingerprint density at radius 2 is 2.00 bits per heavy atom. The predicted octanol–water partition coefficient (Wildman–Crippen LogP) is 4.29. The van der Waals surface area contributed by atoms with Crippen molar-refractivity contribution in [2.75, 3.05) is 19.0 Å². The van der Waals surface area contributed by atoms with Crippen molar-refractivity contribution in [3.05, 3.63) is 58.1 Å². The molecular formula is C20H19ClN2O4. The third-order valence-corrected chi connectivity index (χ3v) is 3.99. The van der Waals surface area contributed by atoms with Gasteiger partial charge in [0.15, 0.2) is 0 Å². The highest BCUT2D eigenvalue weighted by atomic mass is 35.5. The molecule has 0 unspecified atom stereocenters. The minimum absolute atomic E-state index is 0.0788. The van der Waals surface area contributed by atoms with Gasteiger partial charge >= 0.3 is 5.97 Å². The first-order chi connectivity index (χ1) is 12.9. The number of carbonyl (C=O) groups is 2. The fraction of sp³-hybridized carbons (Fsp3) is 0.250. The van der Waals surface area contributed by atoms with E-state index in [1.54, 1.807) is 24.3 Å². The van der Waals surface area contributed by atoms with E-state index >= 15 is 0 Å². The Morgan fingerprint density at radius 1 is 1.26 bits per heavy atom. The average Bonchev–Trinajstić information content (AvgIpc) is 2.67. The highest BCUT2D eigenvalue weighted by Gasteiger charge is 2.17. The van der Waals surface area contributed by atoms with Crippen molar-refractivity contribution in [2.45, 2.75) is 13.8 Å². The first-order valence-electron chi connectivity index (χ1n) is 8.22. The quantitative estimate of drug-likeness (QED) is 0.748. The van der Waals surface area contributed by atoms with Crippen LogP contribution >= 0.6 is 11.6 Å². The van der Waals surface area contributed by atoms with E-state index in [-0.39, 0.29) is 27.4 Å². The van der Waals surface area contributed by atoms with Crippen molar-refractivity contribution >= 4 is 29.2 Å². The SMILES string of the molecule is COC(=O)c1cccc(NC(=O)c2ccc(OCC(C)C)c(C#N)c2)c1Cl. The summed E-state index contributed by atoms with van der Waals surface area (Å²) in [5.74, 6) is -0.336. The van der Waals surface area contributed by atoms with Crippen molar-refractivity contribution in [1.82, 2.24) is 0 Å². The molecule has 140 valence electrons. The molecule has 0 aliphatic carbocycles. The van der Waals surface area contributed by atoms with Crippen LogP contribution in [-0.4, -0.2) is 25.6 Å². The molecule has 6 nitrogen and oxygen atoms in total. The van der Waals surface area contributed by atoms with Crippen molar-refractivity contribution in [3.8, 4) is 11.8 Å². The molecule has 7 heteroatoms. The number of nitrogens with zero attached hydrogens (tertiary/aromatic N) is 1. The third-order valence-electron chi connectivity index (χ3n) is 3.59. The summed E-state index contributed by atoms with van der Waals surface area (Å²) in [5.41, 5.74) is 0.941. The molecule has 2 rings (SSSR count). The second kappa shape index (κ2) is 9.06. The van der Waals surface area contributed by atoms with Gasteiger partial charge in [-0.25, -0.2) is 4.79 Å². The zero-order chi connectivity index (χ0) is 20.0. The van der Waals surface area contributed by atoms with E-state index in [1.165, 1.54) is 19.2 Å². The summed E-state index contributed by atoms with van der Waals surface area (Å²) >= 11 is 6.18. The van der Waals surface area contributed by atoms with Crippen LogP contribution in [0.3, 0.4) is 0 Å². The number of benzene rings is 2. The smallest absolute Gasteiger partial charge is 0.339 e. The Kier molecular flexibility index (Phi) is 6.80. The van der Waals surface area contributed by atoms with E-state index in [2.05, 4.69) is 10.1 Å². The van der Waals surface area contributed by atoms with Crippen LogP contribution < -0.4 is 10.1 Å². The zero-order valence-electron chi connectivity index (χ0n) is 15.2. The number of nitrogens with one attached hydrogen (secondary N) is 1. The molecule has 0 aliphatic heterocycles. The molecule has 0 bridgehead atoms. The number of hydrogen-bond acceptors (Lipinski definition) is 5. The van der Waals surface area contributed by atoms with Gasteiger partial charge in [-0.2, -0.15) is 5.26 Å². The number of anilines is 1. The van der Waals surface area contributed by atoms with Gasteiger partial charge < -0.3 is 14.8 Å². The number of halogens is 1. The van der Waals surface area contributed by atoms with Crippen LogP contribution in [0.4, 0.5) is 5.69 Å². The van der Waals surface area contributed by atoms with E-state index in [9.17, 15) is 14.9 Å². The van der Waals surface area contributed by atoms with Crippen LogP contribution in [0.1, 0.15) is 40.1 Å². The normalized spacial score (nSPS) is 10.2. The molecule has 0 aliphatic rings. The Hall–Kier alpha value is -3.04. The third kappa shape index (κ3) is 4.99. The standard InChI is InChI=1S/C20H19ClN2O4/c1-12(2)11-27-17-8-7-13(9-14(17)10-22)19(24)23-16-6-4-5-15(18(16)21)20(25)26-3/h4-9,12H,11H2,1-3H3,(H,23,24). The van der Waals surface area contributed by atoms with Gasteiger partial charge in [0, 0.05) is 5.56 Å². The Balaban J connectivity index is 2.24. The molecule has 2 aromatic rings. The highest BCUT2D eigenvalue weighted by molar-refractivity contribution is 6.36. The van der Waals surface area contributed by atoms with E-state index in [0.29, 0.717) is 18.3 Å². The number of rotatable bonds is 6. The van der Waals surface area contributed by atoms with Crippen LogP contribution in [0.5, 0.6) is 5.75 Å². The van der Waals surface area contributed by atoms with Gasteiger partial charge in [-0.15, -0.1) is 0 Å². The number of carbonyl (C=O) groups excluding carboxylic acids is 2.